The van der Waals surface area contributed by atoms with Crippen molar-refractivity contribution in [1.29, 1.82) is 0 Å². The Morgan fingerprint density at radius 3 is 2.89 bits per heavy atom. The Balaban J connectivity index is 2.34. The highest BCUT2D eigenvalue weighted by Gasteiger charge is 2.06. The maximum Gasteiger partial charge on any atom is 0.213 e. The summed E-state index contributed by atoms with van der Waals surface area (Å²) in [5, 5.41) is 3.45. The zero-order chi connectivity index (χ0) is 13.2. The third-order valence-electron chi connectivity index (χ3n) is 2.94. The molecule has 1 aromatic rings. The molecule has 0 aromatic carbocycles. The minimum Gasteiger partial charge on any atom is -0.481 e. The summed E-state index contributed by atoms with van der Waals surface area (Å²) in [5.41, 5.74) is 1.01. The molecular formula is C14H23ClN2O. The van der Waals surface area contributed by atoms with Gasteiger partial charge < -0.3 is 10.1 Å². The summed E-state index contributed by atoms with van der Waals surface area (Å²) in [6, 6.07) is 5.83. The molecule has 0 aliphatic carbocycles. The van der Waals surface area contributed by atoms with Crippen molar-refractivity contribution < 1.29 is 4.74 Å². The molecule has 1 N–H and O–H groups in total. The van der Waals surface area contributed by atoms with Crippen LogP contribution in [0.3, 0.4) is 0 Å². The molecule has 1 aromatic heterocycles. The van der Waals surface area contributed by atoms with Crippen LogP contribution in [0.4, 0.5) is 0 Å². The second-order valence-corrected chi connectivity index (χ2v) is 4.81. The summed E-state index contributed by atoms with van der Waals surface area (Å²) in [7, 11) is 1.64. The molecule has 0 amide bonds. The van der Waals surface area contributed by atoms with Crippen LogP contribution in [0.25, 0.3) is 0 Å². The molecule has 0 fully saturated rings. The van der Waals surface area contributed by atoms with E-state index < -0.39 is 0 Å². The lowest BCUT2D eigenvalue weighted by atomic mass is 10.0. The number of hydrogen-bond donors (Lipinski definition) is 1. The average molecular weight is 271 g/mol. The van der Waals surface area contributed by atoms with Crippen molar-refractivity contribution in [3.63, 3.8) is 0 Å². The van der Waals surface area contributed by atoms with Crippen molar-refractivity contribution in [3.05, 3.63) is 23.9 Å². The number of aromatic nitrogens is 1. The number of hydrogen-bond acceptors (Lipinski definition) is 3. The van der Waals surface area contributed by atoms with Crippen LogP contribution in [0.5, 0.6) is 5.88 Å². The molecule has 0 spiro atoms. The van der Waals surface area contributed by atoms with Gasteiger partial charge in [0.15, 0.2) is 0 Å². The van der Waals surface area contributed by atoms with Crippen molar-refractivity contribution in [2.45, 2.75) is 32.7 Å². The molecule has 3 nitrogen and oxygen atoms in total. The molecule has 4 heteroatoms. The third kappa shape index (κ3) is 5.69. The van der Waals surface area contributed by atoms with Gasteiger partial charge in [-0.3, -0.25) is 0 Å². The second-order valence-electron chi connectivity index (χ2n) is 4.43. The maximum absolute atomic E-state index is 5.81. The van der Waals surface area contributed by atoms with E-state index in [1.165, 1.54) is 12.8 Å². The lowest BCUT2D eigenvalue weighted by molar-refractivity contribution is 0.393. The Bertz CT molecular complexity index is 327. The summed E-state index contributed by atoms with van der Waals surface area (Å²) in [6.07, 6.45) is 3.51. The van der Waals surface area contributed by atoms with Gasteiger partial charge in [0.25, 0.3) is 0 Å². The monoisotopic (exact) mass is 270 g/mol. The van der Waals surface area contributed by atoms with Gasteiger partial charge >= 0.3 is 0 Å². The van der Waals surface area contributed by atoms with E-state index in [9.17, 15) is 0 Å². The Morgan fingerprint density at radius 1 is 1.39 bits per heavy atom. The number of pyridine rings is 1. The molecule has 0 saturated heterocycles. The molecule has 1 atom stereocenters. The van der Waals surface area contributed by atoms with E-state index in [0.717, 1.165) is 31.1 Å². The van der Waals surface area contributed by atoms with Crippen LogP contribution in [0, 0.1) is 5.92 Å². The van der Waals surface area contributed by atoms with E-state index >= 15 is 0 Å². The van der Waals surface area contributed by atoms with Gasteiger partial charge in [0.1, 0.15) is 0 Å². The quantitative estimate of drug-likeness (QED) is 0.700. The number of alkyl halides is 1. The summed E-state index contributed by atoms with van der Waals surface area (Å²) in [6.45, 7) is 3.99. The number of methoxy groups -OCH3 is 1. The van der Waals surface area contributed by atoms with E-state index in [1.807, 2.05) is 18.2 Å². The zero-order valence-electron chi connectivity index (χ0n) is 11.3. The van der Waals surface area contributed by atoms with Gasteiger partial charge in [-0.1, -0.05) is 19.4 Å². The van der Waals surface area contributed by atoms with Gasteiger partial charge in [-0.05, 0) is 31.4 Å². The van der Waals surface area contributed by atoms with Crippen LogP contribution in [0.1, 0.15) is 31.9 Å². The summed E-state index contributed by atoms with van der Waals surface area (Å²) < 4.78 is 5.10. The Labute approximate surface area is 115 Å². The van der Waals surface area contributed by atoms with E-state index in [2.05, 4.69) is 17.2 Å². The van der Waals surface area contributed by atoms with Crippen LogP contribution in [0.2, 0.25) is 0 Å². The van der Waals surface area contributed by atoms with Crippen LogP contribution in [-0.2, 0) is 6.54 Å². The number of nitrogens with one attached hydrogen (secondary N) is 1. The topological polar surface area (TPSA) is 34.1 Å². The molecule has 102 valence electrons. The fourth-order valence-corrected chi connectivity index (χ4v) is 2.29. The number of halogens is 1. The van der Waals surface area contributed by atoms with Gasteiger partial charge in [0, 0.05) is 18.5 Å². The highest BCUT2D eigenvalue weighted by atomic mass is 35.5. The molecule has 0 bridgehead atoms. The van der Waals surface area contributed by atoms with Gasteiger partial charge in [0.2, 0.25) is 5.88 Å². The average Bonchev–Trinajstić information content (AvgIpc) is 2.39. The van der Waals surface area contributed by atoms with Gasteiger partial charge in [-0.2, -0.15) is 0 Å². The summed E-state index contributed by atoms with van der Waals surface area (Å²) in [4.78, 5) is 4.37. The molecule has 1 rings (SSSR count). The summed E-state index contributed by atoms with van der Waals surface area (Å²) >= 11 is 5.81. The first-order valence-electron chi connectivity index (χ1n) is 6.56. The van der Waals surface area contributed by atoms with Crippen molar-refractivity contribution >= 4 is 11.6 Å². The predicted molar refractivity (Wildman–Crippen MR) is 76.2 cm³/mol. The van der Waals surface area contributed by atoms with E-state index in [-0.39, 0.29) is 0 Å². The normalized spacial score (nSPS) is 12.4. The highest BCUT2D eigenvalue weighted by molar-refractivity contribution is 6.17. The lowest BCUT2D eigenvalue weighted by Crippen LogP contribution is -2.23. The maximum atomic E-state index is 5.81. The molecule has 0 aliphatic heterocycles. The summed E-state index contributed by atoms with van der Waals surface area (Å²) in [5.74, 6) is 2.07. The lowest BCUT2D eigenvalue weighted by Gasteiger charge is -2.15. The van der Waals surface area contributed by atoms with Crippen molar-refractivity contribution in [1.82, 2.24) is 10.3 Å². The first kappa shape index (κ1) is 15.3. The van der Waals surface area contributed by atoms with Gasteiger partial charge in [-0.15, -0.1) is 11.6 Å². The number of nitrogens with zero attached hydrogens (tertiary/aromatic N) is 1. The van der Waals surface area contributed by atoms with Crippen molar-refractivity contribution in [2.24, 2.45) is 5.92 Å². The van der Waals surface area contributed by atoms with Crippen LogP contribution in [-0.4, -0.2) is 24.5 Å². The molecule has 0 aliphatic rings. The molecule has 18 heavy (non-hydrogen) atoms. The van der Waals surface area contributed by atoms with Crippen LogP contribution >= 0.6 is 11.6 Å². The van der Waals surface area contributed by atoms with Gasteiger partial charge in [-0.25, -0.2) is 4.98 Å². The predicted octanol–water partition coefficient (Wildman–Crippen LogP) is 3.23. The molecule has 0 saturated carbocycles. The standard InChI is InChI=1S/C14H23ClN2O/c1-3-5-12(8-9-15)10-16-11-13-6-4-7-14(17-13)18-2/h4,6-7,12,16H,3,5,8-11H2,1-2H3. The highest BCUT2D eigenvalue weighted by Crippen LogP contribution is 2.11. The van der Waals surface area contributed by atoms with E-state index in [4.69, 9.17) is 16.3 Å². The molecule has 0 radical (unpaired) electrons. The molecule has 1 heterocycles. The Kier molecular flexibility index (Phi) is 7.78. The number of rotatable bonds is 9. The molecule has 1 unspecified atom stereocenters. The fraction of sp³-hybridized carbons (Fsp3) is 0.643. The van der Waals surface area contributed by atoms with Crippen LogP contribution in [0.15, 0.2) is 18.2 Å². The third-order valence-corrected chi connectivity index (χ3v) is 3.16. The Morgan fingerprint density at radius 2 is 2.22 bits per heavy atom. The van der Waals surface area contributed by atoms with E-state index in [1.54, 1.807) is 7.11 Å². The fourth-order valence-electron chi connectivity index (χ4n) is 1.99. The van der Waals surface area contributed by atoms with Crippen molar-refractivity contribution in [2.75, 3.05) is 19.5 Å². The minimum atomic E-state index is 0.665. The van der Waals surface area contributed by atoms with Crippen LogP contribution < -0.4 is 10.1 Å². The van der Waals surface area contributed by atoms with E-state index in [0.29, 0.717) is 11.8 Å². The first-order chi connectivity index (χ1) is 8.80. The minimum absolute atomic E-state index is 0.665. The molecular weight excluding hydrogens is 248 g/mol. The SMILES string of the molecule is CCCC(CCCl)CNCc1cccc(OC)n1. The van der Waals surface area contributed by atoms with Crippen molar-refractivity contribution in [3.8, 4) is 5.88 Å². The van der Waals surface area contributed by atoms with Gasteiger partial charge in [0.05, 0.1) is 12.8 Å². The first-order valence-corrected chi connectivity index (χ1v) is 7.10. The number of ether oxygens (including phenoxy) is 1. The Hall–Kier alpha value is -0.800. The zero-order valence-corrected chi connectivity index (χ0v) is 12.0. The smallest absolute Gasteiger partial charge is 0.213 e. The largest absolute Gasteiger partial charge is 0.481 e. The second kappa shape index (κ2) is 9.17.